The third-order valence-electron chi connectivity index (χ3n) is 2.79. The van der Waals surface area contributed by atoms with Crippen molar-refractivity contribution < 1.29 is 9.18 Å². The number of hydrogen-bond donors (Lipinski definition) is 2. The Balaban J connectivity index is 2.07. The molecule has 0 spiro atoms. The minimum Gasteiger partial charge on any atom is -0.389 e. The lowest BCUT2D eigenvalue weighted by Crippen LogP contribution is -2.16. The van der Waals surface area contributed by atoms with Crippen LogP contribution in [-0.2, 0) is 11.2 Å². The van der Waals surface area contributed by atoms with Crippen molar-refractivity contribution in [3.8, 4) is 0 Å². The molecule has 0 heterocycles. The molecule has 2 rings (SSSR count). The van der Waals surface area contributed by atoms with Gasteiger partial charge in [0.2, 0.25) is 5.91 Å². The van der Waals surface area contributed by atoms with Crippen LogP contribution >= 0.6 is 28.1 Å². The Morgan fingerprint density at radius 2 is 1.90 bits per heavy atom. The maximum Gasteiger partial charge on any atom is 0.228 e. The predicted octanol–water partition coefficient (Wildman–Crippen LogP) is 3.40. The number of thiocarbonyl (C=S) groups is 1. The van der Waals surface area contributed by atoms with E-state index in [1.165, 1.54) is 18.2 Å². The minimum absolute atomic E-state index is 0.0449. The Hall–Kier alpha value is -1.79. The second-order valence-corrected chi connectivity index (χ2v) is 5.77. The highest BCUT2D eigenvalue weighted by Crippen LogP contribution is 2.16. The molecular formula is C15H12BrFN2OS. The Kier molecular flexibility index (Phi) is 5.03. The van der Waals surface area contributed by atoms with Crippen LogP contribution in [0.25, 0.3) is 0 Å². The molecule has 0 aromatic heterocycles. The Bertz CT molecular complexity index is 689. The van der Waals surface area contributed by atoms with Gasteiger partial charge >= 0.3 is 0 Å². The van der Waals surface area contributed by atoms with Crippen LogP contribution in [0.4, 0.5) is 10.1 Å². The van der Waals surface area contributed by atoms with Crippen LogP contribution in [0.15, 0.2) is 46.9 Å². The van der Waals surface area contributed by atoms with E-state index in [1.807, 2.05) is 24.3 Å². The highest BCUT2D eigenvalue weighted by atomic mass is 79.9. The molecule has 0 unspecified atom stereocenters. The molecule has 1 amide bonds. The number of nitrogens with two attached hydrogens (primary N) is 1. The summed E-state index contributed by atoms with van der Waals surface area (Å²) >= 11 is 8.09. The minimum atomic E-state index is -0.506. The van der Waals surface area contributed by atoms with E-state index in [9.17, 15) is 9.18 Å². The summed E-state index contributed by atoms with van der Waals surface area (Å²) in [5.74, 6) is -0.703. The first-order valence-electron chi connectivity index (χ1n) is 6.09. The van der Waals surface area contributed by atoms with Crippen LogP contribution in [0.3, 0.4) is 0 Å². The van der Waals surface area contributed by atoms with E-state index in [0.717, 1.165) is 10.0 Å². The van der Waals surface area contributed by atoms with Crippen molar-refractivity contribution in [3.05, 3.63) is 63.9 Å². The van der Waals surface area contributed by atoms with Crippen molar-refractivity contribution in [2.75, 3.05) is 5.32 Å². The molecule has 3 N–H and O–H groups in total. The monoisotopic (exact) mass is 366 g/mol. The molecule has 6 heteroatoms. The number of nitrogens with one attached hydrogen (secondary N) is 1. The van der Waals surface area contributed by atoms with E-state index in [4.69, 9.17) is 18.0 Å². The number of hydrogen-bond acceptors (Lipinski definition) is 2. The summed E-state index contributed by atoms with van der Waals surface area (Å²) in [7, 11) is 0. The summed E-state index contributed by atoms with van der Waals surface area (Å²) in [6.07, 6.45) is 0.229. The third kappa shape index (κ3) is 4.34. The summed E-state index contributed by atoms with van der Waals surface area (Å²) < 4.78 is 14.4. The van der Waals surface area contributed by atoms with Gasteiger partial charge in [-0.15, -0.1) is 0 Å². The molecule has 0 bridgehead atoms. The molecule has 3 nitrogen and oxygen atoms in total. The number of carbonyl (C=O) groups excluding carboxylic acids is 1. The lowest BCUT2D eigenvalue weighted by molar-refractivity contribution is -0.115. The van der Waals surface area contributed by atoms with Gasteiger partial charge in [-0.3, -0.25) is 4.79 Å². The van der Waals surface area contributed by atoms with Gasteiger partial charge in [0, 0.05) is 15.7 Å². The van der Waals surface area contributed by atoms with Crippen LogP contribution in [0.1, 0.15) is 11.1 Å². The van der Waals surface area contributed by atoms with Crippen molar-refractivity contribution in [1.29, 1.82) is 0 Å². The number of rotatable bonds is 4. The SMILES string of the molecule is NC(=S)c1cc(NC(=O)Cc2ccc(Br)cc2)ccc1F. The summed E-state index contributed by atoms with van der Waals surface area (Å²) in [5, 5.41) is 2.69. The molecule has 0 saturated carbocycles. The number of benzene rings is 2. The van der Waals surface area contributed by atoms with Gasteiger partial charge in [-0.05, 0) is 35.9 Å². The van der Waals surface area contributed by atoms with Gasteiger partial charge in [-0.25, -0.2) is 4.39 Å². The molecule has 2 aromatic carbocycles. The van der Waals surface area contributed by atoms with Crippen molar-refractivity contribution >= 4 is 44.7 Å². The van der Waals surface area contributed by atoms with Gasteiger partial charge in [0.15, 0.2) is 0 Å². The molecule has 0 saturated heterocycles. The van der Waals surface area contributed by atoms with Gasteiger partial charge in [0.25, 0.3) is 0 Å². The summed E-state index contributed by atoms with van der Waals surface area (Å²) in [4.78, 5) is 11.9. The van der Waals surface area contributed by atoms with E-state index in [-0.39, 0.29) is 22.9 Å². The van der Waals surface area contributed by atoms with E-state index >= 15 is 0 Å². The molecule has 2 aromatic rings. The molecule has 0 aliphatic carbocycles. The van der Waals surface area contributed by atoms with E-state index in [1.54, 1.807) is 0 Å². The van der Waals surface area contributed by atoms with Crippen molar-refractivity contribution in [2.45, 2.75) is 6.42 Å². The second kappa shape index (κ2) is 6.78. The molecule has 21 heavy (non-hydrogen) atoms. The highest BCUT2D eigenvalue weighted by Gasteiger charge is 2.09. The first-order valence-corrected chi connectivity index (χ1v) is 7.29. The number of anilines is 1. The average Bonchev–Trinajstić information content (AvgIpc) is 2.43. The average molecular weight is 367 g/mol. The lowest BCUT2D eigenvalue weighted by atomic mass is 10.1. The fraction of sp³-hybridized carbons (Fsp3) is 0.0667. The quantitative estimate of drug-likeness (QED) is 0.815. The van der Waals surface area contributed by atoms with Gasteiger partial charge in [0.05, 0.1) is 6.42 Å². The molecule has 0 aliphatic rings. The first kappa shape index (κ1) is 15.6. The van der Waals surface area contributed by atoms with Gasteiger partial charge in [-0.2, -0.15) is 0 Å². The van der Waals surface area contributed by atoms with Gasteiger partial charge in [-0.1, -0.05) is 40.3 Å². The molecule has 0 fully saturated rings. The van der Waals surface area contributed by atoms with Crippen LogP contribution in [0.5, 0.6) is 0 Å². The zero-order chi connectivity index (χ0) is 15.4. The summed E-state index contributed by atoms with van der Waals surface area (Å²) in [5.41, 5.74) is 6.88. The first-order chi connectivity index (χ1) is 9.95. The lowest BCUT2D eigenvalue weighted by Gasteiger charge is -2.08. The van der Waals surface area contributed by atoms with E-state index in [2.05, 4.69) is 21.2 Å². The van der Waals surface area contributed by atoms with Crippen molar-refractivity contribution in [3.63, 3.8) is 0 Å². The third-order valence-corrected chi connectivity index (χ3v) is 3.54. The Morgan fingerprint density at radius 1 is 1.24 bits per heavy atom. The Morgan fingerprint density at radius 3 is 2.52 bits per heavy atom. The largest absolute Gasteiger partial charge is 0.389 e. The fourth-order valence-corrected chi connectivity index (χ4v) is 2.21. The molecule has 0 atom stereocenters. The maximum absolute atomic E-state index is 13.5. The molecule has 108 valence electrons. The number of carbonyl (C=O) groups is 1. The van der Waals surface area contributed by atoms with E-state index in [0.29, 0.717) is 5.69 Å². The second-order valence-electron chi connectivity index (χ2n) is 4.41. The normalized spacial score (nSPS) is 10.2. The van der Waals surface area contributed by atoms with Crippen LogP contribution in [0, 0.1) is 5.82 Å². The fourth-order valence-electron chi connectivity index (χ4n) is 1.78. The van der Waals surface area contributed by atoms with Crippen LogP contribution in [0.2, 0.25) is 0 Å². The smallest absolute Gasteiger partial charge is 0.228 e. The van der Waals surface area contributed by atoms with Crippen molar-refractivity contribution in [2.24, 2.45) is 5.73 Å². The van der Waals surface area contributed by atoms with E-state index < -0.39 is 5.82 Å². The molecular weight excluding hydrogens is 355 g/mol. The van der Waals surface area contributed by atoms with Gasteiger partial charge in [0.1, 0.15) is 10.8 Å². The van der Waals surface area contributed by atoms with Crippen molar-refractivity contribution in [1.82, 2.24) is 0 Å². The topological polar surface area (TPSA) is 55.1 Å². The number of amides is 1. The standard InChI is InChI=1S/C15H12BrFN2OS/c16-10-3-1-9(2-4-10)7-14(20)19-11-5-6-13(17)12(8-11)15(18)21/h1-6,8H,7H2,(H2,18,21)(H,19,20). The molecule has 0 aliphatic heterocycles. The Labute approximate surface area is 135 Å². The highest BCUT2D eigenvalue weighted by molar-refractivity contribution is 9.10. The zero-order valence-electron chi connectivity index (χ0n) is 10.9. The van der Waals surface area contributed by atoms with Crippen LogP contribution in [-0.4, -0.2) is 10.9 Å². The zero-order valence-corrected chi connectivity index (χ0v) is 13.3. The summed E-state index contributed by atoms with van der Waals surface area (Å²) in [6, 6.07) is 11.6. The van der Waals surface area contributed by atoms with Gasteiger partial charge < -0.3 is 11.1 Å². The predicted molar refractivity (Wildman–Crippen MR) is 88.8 cm³/mol. The maximum atomic E-state index is 13.5. The van der Waals surface area contributed by atoms with Crippen LogP contribution < -0.4 is 11.1 Å². The molecule has 0 radical (unpaired) electrons. The number of halogens is 2. The summed E-state index contributed by atoms with van der Waals surface area (Å²) in [6.45, 7) is 0.